The van der Waals surface area contributed by atoms with Gasteiger partial charge >= 0.3 is 0 Å². The number of imidazole rings is 1. The van der Waals surface area contributed by atoms with E-state index in [2.05, 4.69) is 70.3 Å². The van der Waals surface area contributed by atoms with Crippen LogP contribution in [0, 0.1) is 5.92 Å². The summed E-state index contributed by atoms with van der Waals surface area (Å²) < 4.78 is 13.2. The van der Waals surface area contributed by atoms with E-state index in [0.29, 0.717) is 12.5 Å². The average Bonchev–Trinajstić information content (AvgIpc) is 3.76. The molecule has 0 radical (unpaired) electrons. The zero-order chi connectivity index (χ0) is 26.1. The quantitative estimate of drug-likeness (QED) is 0.298. The molecular formula is C31H33N5O2. The number of aromatic nitrogens is 4. The maximum absolute atomic E-state index is 5.67. The summed E-state index contributed by atoms with van der Waals surface area (Å²) in [5.41, 5.74) is 7.40. The summed E-state index contributed by atoms with van der Waals surface area (Å²) in [4.78, 5) is 14.5. The third-order valence-corrected chi connectivity index (χ3v) is 7.49. The molecule has 3 heterocycles. The van der Waals surface area contributed by atoms with Gasteiger partial charge in [-0.15, -0.1) is 0 Å². The number of anilines is 1. The lowest BCUT2D eigenvalue weighted by molar-refractivity contribution is 0.104. The molecule has 7 heteroatoms. The zero-order valence-electron chi connectivity index (χ0n) is 22.1. The second kappa shape index (κ2) is 10.4. The predicted molar refractivity (Wildman–Crippen MR) is 150 cm³/mol. The van der Waals surface area contributed by atoms with Crippen molar-refractivity contribution in [1.29, 1.82) is 0 Å². The second-order valence-corrected chi connectivity index (χ2v) is 9.96. The highest BCUT2D eigenvalue weighted by molar-refractivity contribution is 5.81. The van der Waals surface area contributed by atoms with Crippen LogP contribution in [0.4, 0.5) is 5.95 Å². The fourth-order valence-electron chi connectivity index (χ4n) is 5.10. The highest BCUT2D eigenvalue weighted by Crippen LogP contribution is 2.41. The Hall–Kier alpha value is -3.97. The normalized spacial score (nSPS) is 19.0. The number of fused-ring (bicyclic) bond motifs is 1. The van der Waals surface area contributed by atoms with Gasteiger partial charge in [0.2, 0.25) is 5.95 Å². The van der Waals surface area contributed by atoms with Crippen molar-refractivity contribution in [2.75, 3.05) is 26.1 Å². The molecule has 3 aromatic heterocycles. The van der Waals surface area contributed by atoms with Crippen LogP contribution in [-0.2, 0) is 15.9 Å². The van der Waals surface area contributed by atoms with Crippen LogP contribution in [0.3, 0.4) is 0 Å². The smallest absolute Gasteiger partial charge is 0.223 e. The summed E-state index contributed by atoms with van der Waals surface area (Å²) in [5.74, 6) is 2.24. The fraction of sp³-hybridized carbons (Fsp3) is 0.323. The Kier molecular flexibility index (Phi) is 6.68. The Bertz CT molecular complexity index is 1500. The highest BCUT2D eigenvalue weighted by Gasteiger charge is 2.24. The Balaban J connectivity index is 1.33. The van der Waals surface area contributed by atoms with Crippen LogP contribution in [-0.4, -0.2) is 46.2 Å². The maximum Gasteiger partial charge on any atom is 0.223 e. The molecule has 0 saturated heterocycles. The first-order chi connectivity index (χ1) is 18.7. The minimum absolute atomic E-state index is 0.0811. The molecule has 2 aliphatic carbocycles. The molecule has 0 bridgehead atoms. The van der Waals surface area contributed by atoms with Gasteiger partial charge in [0.1, 0.15) is 11.4 Å². The van der Waals surface area contributed by atoms with Gasteiger partial charge in [-0.1, -0.05) is 37.3 Å². The Morgan fingerprint density at radius 3 is 2.63 bits per heavy atom. The van der Waals surface area contributed by atoms with E-state index in [1.807, 2.05) is 18.2 Å². The largest absolute Gasteiger partial charge is 0.497 e. The first kappa shape index (κ1) is 24.4. The lowest BCUT2D eigenvalue weighted by Crippen LogP contribution is -2.28. The van der Waals surface area contributed by atoms with Gasteiger partial charge in [0, 0.05) is 37.5 Å². The maximum atomic E-state index is 5.67. The number of hydrogen-bond donors (Lipinski definition) is 1. The number of methoxy groups -OCH3 is 2. The SMILES string of the molecule is CCc1ccn2c(-c3ccnc(NCC4C=CC(OC)=CC4OC)n3)c(-c3ccc(C4CC4)cc3)nc2c1. The van der Waals surface area contributed by atoms with Gasteiger partial charge in [-0.05, 0) is 66.7 Å². The molecule has 0 amide bonds. The molecule has 1 N–H and O–H groups in total. The monoisotopic (exact) mass is 507 g/mol. The first-order valence-electron chi connectivity index (χ1n) is 13.3. The Morgan fingerprint density at radius 2 is 1.89 bits per heavy atom. The number of benzene rings is 1. The Labute approximate surface area is 223 Å². The number of nitrogens with zero attached hydrogens (tertiary/aromatic N) is 4. The number of allylic oxidation sites excluding steroid dienone is 1. The van der Waals surface area contributed by atoms with E-state index in [9.17, 15) is 0 Å². The van der Waals surface area contributed by atoms with Crippen LogP contribution in [0.1, 0.15) is 36.8 Å². The summed E-state index contributed by atoms with van der Waals surface area (Å²) >= 11 is 0. The van der Waals surface area contributed by atoms with Crippen LogP contribution < -0.4 is 5.32 Å². The van der Waals surface area contributed by atoms with Gasteiger partial charge in [0.25, 0.3) is 0 Å². The average molecular weight is 508 g/mol. The number of rotatable bonds is 9. The standard InChI is InChI=1S/C31H33N5O2/c1-4-20-14-16-36-28(17-20)35-29(23-9-7-22(8-10-23)21-5-6-21)30(36)26-13-15-32-31(34-26)33-19-24-11-12-25(37-2)18-27(24)38-3/h7-18,21,24,27H,4-6,19H2,1-3H3,(H,32,33,34). The number of hydrogen-bond acceptors (Lipinski definition) is 6. The van der Waals surface area contributed by atoms with E-state index < -0.39 is 0 Å². The van der Waals surface area contributed by atoms with Crippen LogP contribution in [0.15, 0.2) is 78.8 Å². The molecule has 1 fully saturated rings. The number of pyridine rings is 1. The molecule has 194 valence electrons. The molecule has 2 unspecified atom stereocenters. The van der Waals surface area contributed by atoms with E-state index >= 15 is 0 Å². The van der Waals surface area contributed by atoms with Crippen LogP contribution in [0.5, 0.6) is 0 Å². The highest BCUT2D eigenvalue weighted by atomic mass is 16.5. The topological polar surface area (TPSA) is 73.6 Å². The van der Waals surface area contributed by atoms with E-state index in [1.165, 1.54) is 24.0 Å². The molecule has 0 aliphatic heterocycles. The Morgan fingerprint density at radius 1 is 1.05 bits per heavy atom. The summed E-state index contributed by atoms with van der Waals surface area (Å²) in [6, 6.07) is 15.2. The van der Waals surface area contributed by atoms with Crippen molar-refractivity contribution in [2.45, 2.75) is 38.2 Å². The molecule has 1 saturated carbocycles. The lowest BCUT2D eigenvalue weighted by atomic mass is 9.96. The van der Waals surface area contributed by atoms with Gasteiger partial charge < -0.3 is 14.8 Å². The van der Waals surface area contributed by atoms with Crippen molar-refractivity contribution in [3.8, 4) is 22.6 Å². The van der Waals surface area contributed by atoms with Gasteiger partial charge in [-0.25, -0.2) is 15.0 Å². The minimum atomic E-state index is -0.0811. The first-order valence-corrected chi connectivity index (χ1v) is 13.3. The van der Waals surface area contributed by atoms with E-state index in [4.69, 9.17) is 19.4 Å². The molecular weight excluding hydrogens is 474 g/mol. The van der Waals surface area contributed by atoms with Crippen LogP contribution in [0.2, 0.25) is 0 Å². The van der Waals surface area contributed by atoms with Crippen LogP contribution in [0.25, 0.3) is 28.3 Å². The zero-order valence-corrected chi connectivity index (χ0v) is 22.1. The molecule has 0 spiro atoms. The van der Waals surface area contributed by atoms with E-state index in [-0.39, 0.29) is 12.0 Å². The number of aryl methyl sites for hydroxylation is 1. The van der Waals surface area contributed by atoms with Gasteiger partial charge in [0.05, 0.1) is 30.3 Å². The summed E-state index contributed by atoms with van der Waals surface area (Å²) in [5, 5.41) is 3.41. The van der Waals surface area contributed by atoms with Crippen molar-refractivity contribution >= 4 is 11.6 Å². The van der Waals surface area contributed by atoms with Gasteiger partial charge in [0.15, 0.2) is 0 Å². The third kappa shape index (κ3) is 4.82. The number of ether oxygens (including phenoxy) is 2. The third-order valence-electron chi connectivity index (χ3n) is 7.49. The molecule has 2 aliphatic rings. The van der Waals surface area contributed by atoms with E-state index in [1.54, 1.807) is 20.4 Å². The van der Waals surface area contributed by atoms with Gasteiger partial charge in [-0.3, -0.25) is 4.40 Å². The van der Waals surface area contributed by atoms with Crippen molar-refractivity contribution in [3.63, 3.8) is 0 Å². The van der Waals surface area contributed by atoms with Crippen molar-refractivity contribution < 1.29 is 9.47 Å². The molecule has 4 aromatic rings. The molecule has 1 aromatic carbocycles. The fourth-order valence-corrected chi connectivity index (χ4v) is 5.10. The number of nitrogens with one attached hydrogen (secondary N) is 1. The van der Waals surface area contributed by atoms with E-state index in [0.717, 1.165) is 46.4 Å². The van der Waals surface area contributed by atoms with Crippen molar-refractivity contribution in [3.05, 3.63) is 90.0 Å². The lowest BCUT2D eigenvalue weighted by Gasteiger charge is -2.24. The van der Waals surface area contributed by atoms with Crippen LogP contribution >= 0.6 is 0 Å². The second-order valence-electron chi connectivity index (χ2n) is 9.96. The minimum Gasteiger partial charge on any atom is -0.497 e. The predicted octanol–water partition coefficient (Wildman–Crippen LogP) is 6.04. The summed E-state index contributed by atoms with van der Waals surface area (Å²) in [7, 11) is 3.38. The summed E-state index contributed by atoms with van der Waals surface area (Å²) in [6.07, 6.45) is 13.4. The van der Waals surface area contributed by atoms with Crippen molar-refractivity contribution in [2.24, 2.45) is 5.92 Å². The molecule has 6 rings (SSSR count). The summed E-state index contributed by atoms with van der Waals surface area (Å²) in [6.45, 7) is 2.80. The molecule has 2 atom stereocenters. The van der Waals surface area contributed by atoms with Crippen molar-refractivity contribution in [1.82, 2.24) is 19.4 Å². The van der Waals surface area contributed by atoms with Gasteiger partial charge in [-0.2, -0.15) is 0 Å². The molecule has 38 heavy (non-hydrogen) atoms. The molecule has 7 nitrogen and oxygen atoms in total.